The number of azo groups is 1. The van der Waals surface area contributed by atoms with Crippen molar-refractivity contribution in [1.82, 2.24) is 4.98 Å². The molecular formula is C17H11BrN4O5. The van der Waals surface area contributed by atoms with Crippen LogP contribution in [0.3, 0.4) is 0 Å². The van der Waals surface area contributed by atoms with Crippen LogP contribution in [0.5, 0.6) is 5.88 Å². The zero-order valence-corrected chi connectivity index (χ0v) is 15.0. The number of aromatic hydroxyl groups is 1. The van der Waals surface area contributed by atoms with Gasteiger partial charge in [0.05, 0.1) is 16.8 Å². The van der Waals surface area contributed by atoms with Crippen LogP contribution in [0.25, 0.3) is 10.9 Å². The molecule has 0 aliphatic rings. The van der Waals surface area contributed by atoms with Crippen LogP contribution in [0, 0.1) is 0 Å². The van der Waals surface area contributed by atoms with Crippen molar-refractivity contribution in [2.24, 2.45) is 10.2 Å². The van der Waals surface area contributed by atoms with Crippen molar-refractivity contribution in [3.8, 4) is 5.88 Å². The molecule has 0 saturated heterocycles. The molecular weight excluding hydrogens is 420 g/mol. The van der Waals surface area contributed by atoms with Gasteiger partial charge in [-0.2, -0.15) is 0 Å². The van der Waals surface area contributed by atoms with Gasteiger partial charge < -0.3 is 20.5 Å². The number of nitrogens with one attached hydrogen (secondary N) is 2. The highest BCUT2D eigenvalue weighted by Gasteiger charge is 2.18. The van der Waals surface area contributed by atoms with Crippen molar-refractivity contribution in [1.29, 1.82) is 0 Å². The van der Waals surface area contributed by atoms with Crippen LogP contribution in [-0.2, 0) is 9.59 Å². The van der Waals surface area contributed by atoms with Crippen LogP contribution < -0.4 is 5.32 Å². The summed E-state index contributed by atoms with van der Waals surface area (Å²) >= 11 is 3.31. The van der Waals surface area contributed by atoms with Gasteiger partial charge in [-0.05, 0) is 24.3 Å². The number of hydrogen-bond donors (Lipinski definition) is 4. The number of carboxylic acids is 1. The molecule has 0 unspecified atom stereocenters. The topological polar surface area (TPSA) is 144 Å². The Morgan fingerprint density at radius 3 is 2.56 bits per heavy atom. The molecule has 136 valence electrons. The average molecular weight is 431 g/mol. The first-order valence-corrected chi connectivity index (χ1v) is 8.26. The summed E-state index contributed by atoms with van der Waals surface area (Å²) in [6.07, 6.45) is 0. The van der Waals surface area contributed by atoms with Gasteiger partial charge in [0, 0.05) is 9.86 Å². The number of rotatable bonds is 3. The van der Waals surface area contributed by atoms with Crippen molar-refractivity contribution in [2.75, 3.05) is 5.32 Å². The first kappa shape index (κ1) is 18.3. The number of anilines is 1. The van der Waals surface area contributed by atoms with Gasteiger partial charge in [-0.15, -0.1) is 10.2 Å². The Hall–Kier alpha value is -3.53. The molecule has 1 heterocycles. The fourth-order valence-electron chi connectivity index (χ4n) is 2.37. The number of carbonyl (C=O) groups excluding carboxylic acids is 2. The molecule has 3 aromatic rings. The van der Waals surface area contributed by atoms with E-state index >= 15 is 0 Å². The van der Waals surface area contributed by atoms with E-state index in [1.807, 2.05) is 0 Å². The predicted octanol–water partition coefficient (Wildman–Crippen LogP) is 3.58. The van der Waals surface area contributed by atoms with Crippen molar-refractivity contribution >= 4 is 56.0 Å². The standard InChI is InChI=1S/C17H11BrN4O5/c18-9-5-3-7-11-12(9)13(14(23)20-11)21-22-16(25)15(24)19-10-6-2-1-4-8(10)17(26)27/h1-7,20,23H,(H,19,24)(H,26,27). The predicted molar refractivity (Wildman–Crippen MR) is 99.2 cm³/mol. The second-order valence-corrected chi connectivity index (χ2v) is 6.15. The van der Waals surface area contributed by atoms with E-state index in [4.69, 9.17) is 5.11 Å². The number of halogens is 1. The lowest BCUT2D eigenvalue weighted by atomic mass is 10.2. The molecule has 0 atom stereocenters. The van der Waals surface area contributed by atoms with E-state index in [-0.39, 0.29) is 22.8 Å². The fraction of sp³-hybridized carbons (Fsp3) is 0. The zero-order valence-electron chi connectivity index (χ0n) is 13.4. The van der Waals surface area contributed by atoms with Crippen LogP contribution >= 0.6 is 15.9 Å². The Kier molecular flexibility index (Phi) is 4.99. The Bertz CT molecular complexity index is 1110. The van der Waals surface area contributed by atoms with Gasteiger partial charge in [0.1, 0.15) is 0 Å². The highest BCUT2D eigenvalue weighted by Crippen LogP contribution is 2.39. The summed E-state index contributed by atoms with van der Waals surface area (Å²) in [7, 11) is 0. The summed E-state index contributed by atoms with van der Waals surface area (Å²) < 4.78 is 0.609. The Labute approximate surface area is 159 Å². The van der Waals surface area contributed by atoms with Gasteiger partial charge >= 0.3 is 17.8 Å². The second-order valence-electron chi connectivity index (χ2n) is 5.29. The molecule has 0 spiro atoms. The third-order valence-electron chi connectivity index (χ3n) is 3.57. The number of aromatic amines is 1. The minimum Gasteiger partial charge on any atom is -0.493 e. The third kappa shape index (κ3) is 3.70. The molecule has 0 fully saturated rings. The van der Waals surface area contributed by atoms with Crippen molar-refractivity contribution in [3.05, 3.63) is 52.5 Å². The van der Waals surface area contributed by atoms with E-state index in [1.165, 1.54) is 24.3 Å². The van der Waals surface area contributed by atoms with Crippen molar-refractivity contribution in [3.63, 3.8) is 0 Å². The van der Waals surface area contributed by atoms with E-state index in [2.05, 4.69) is 36.5 Å². The summed E-state index contributed by atoms with van der Waals surface area (Å²) in [5, 5.41) is 28.7. The summed E-state index contributed by atoms with van der Waals surface area (Å²) in [6, 6.07) is 10.8. The average Bonchev–Trinajstić information content (AvgIpc) is 2.96. The Balaban J connectivity index is 1.83. The molecule has 27 heavy (non-hydrogen) atoms. The third-order valence-corrected chi connectivity index (χ3v) is 4.23. The Morgan fingerprint density at radius 1 is 1.07 bits per heavy atom. The van der Waals surface area contributed by atoms with E-state index in [9.17, 15) is 19.5 Å². The lowest BCUT2D eigenvalue weighted by molar-refractivity contribution is -0.134. The zero-order chi connectivity index (χ0) is 19.6. The largest absolute Gasteiger partial charge is 0.493 e. The van der Waals surface area contributed by atoms with Crippen LogP contribution in [0.15, 0.2) is 57.2 Å². The van der Waals surface area contributed by atoms with Crippen LogP contribution in [0.1, 0.15) is 10.4 Å². The minimum absolute atomic E-state index is 0.00967. The van der Waals surface area contributed by atoms with Gasteiger partial charge in [-0.25, -0.2) is 4.79 Å². The minimum atomic E-state index is -1.26. The molecule has 1 aromatic heterocycles. The van der Waals surface area contributed by atoms with Gasteiger partial charge in [-0.3, -0.25) is 9.59 Å². The number of carboxylic acid groups (broad SMARTS) is 1. The second kappa shape index (κ2) is 7.38. The van der Waals surface area contributed by atoms with Gasteiger partial charge in [-0.1, -0.05) is 34.1 Å². The molecule has 0 saturated carbocycles. The molecule has 0 radical (unpaired) electrons. The molecule has 0 aliphatic carbocycles. The SMILES string of the molecule is O=C(N=Nc1c(O)[nH]c2cccc(Br)c12)C(=O)Nc1ccccc1C(=O)O. The van der Waals surface area contributed by atoms with E-state index in [0.29, 0.717) is 15.4 Å². The Morgan fingerprint density at radius 2 is 1.81 bits per heavy atom. The number of nitrogens with zero attached hydrogens (tertiary/aromatic N) is 2. The summed E-state index contributed by atoms with van der Waals surface area (Å²) in [5.74, 6) is -3.99. The molecule has 9 nitrogen and oxygen atoms in total. The smallest absolute Gasteiger partial charge is 0.353 e. The molecule has 0 aliphatic heterocycles. The number of benzene rings is 2. The lowest BCUT2D eigenvalue weighted by Gasteiger charge is -2.05. The van der Waals surface area contributed by atoms with E-state index in [1.54, 1.807) is 18.2 Å². The van der Waals surface area contributed by atoms with Crippen LogP contribution in [-0.4, -0.2) is 33.0 Å². The molecule has 10 heteroatoms. The monoisotopic (exact) mass is 430 g/mol. The number of para-hydroxylation sites is 1. The van der Waals surface area contributed by atoms with Gasteiger partial charge in [0.2, 0.25) is 5.88 Å². The number of aromatic carboxylic acids is 1. The maximum absolute atomic E-state index is 12.0. The fourth-order valence-corrected chi connectivity index (χ4v) is 2.92. The molecule has 2 amide bonds. The van der Waals surface area contributed by atoms with Crippen LogP contribution in [0.4, 0.5) is 11.4 Å². The lowest BCUT2D eigenvalue weighted by Crippen LogP contribution is -2.22. The number of amides is 2. The summed E-state index contributed by atoms with van der Waals surface area (Å²) in [6.45, 7) is 0. The maximum atomic E-state index is 12.0. The number of aromatic nitrogens is 1. The maximum Gasteiger partial charge on any atom is 0.353 e. The molecule has 0 bridgehead atoms. The quantitative estimate of drug-likeness (QED) is 0.370. The summed E-state index contributed by atoms with van der Waals surface area (Å²) in [4.78, 5) is 37.7. The molecule has 2 aromatic carbocycles. The van der Waals surface area contributed by atoms with Crippen molar-refractivity contribution < 1.29 is 24.6 Å². The van der Waals surface area contributed by atoms with E-state index < -0.39 is 17.8 Å². The highest BCUT2D eigenvalue weighted by molar-refractivity contribution is 9.10. The molecule has 3 rings (SSSR count). The summed E-state index contributed by atoms with van der Waals surface area (Å²) in [5.41, 5.74) is 0.331. The van der Waals surface area contributed by atoms with E-state index in [0.717, 1.165) is 0 Å². The van der Waals surface area contributed by atoms with Crippen molar-refractivity contribution in [2.45, 2.75) is 0 Å². The number of carbonyl (C=O) groups is 3. The van der Waals surface area contributed by atoms with Gasteiger partial charge in [0.15, 0.2) is 5.69 Å². The molecule has 4 N–H and O–H groups in total. The van der Waals surface area contributed by atoms with Crippen LogP contribution in [0.2, 0.25) is 0 Å². The first-order chi connectivity index (χ1) is 12.9. The number of hydrogen-bond acceptors (Lipinski definition) is 5. The van der Waals surface area contributed by atoms with Gasteiger partial charge in [0.25, 0.3) is 0 Å². The first-order valence-electron chi connectivity index (χ1n) is 7.47. The number of H-pyrrole nitrogens is 1. The number of fused-ring (bicyclic) bond motifs is 1. The normalized spacial score (nSPS) is 11.0. The highest BCUT2D eigenvalue weighted by atomic mass is 79.9.